The fourth-order valence-corrected chi connectivity index (χ4v) is 2.22. The Morgan fingerprint density at radius 3 is 2.37 bits per heavy atom. The van der Waals surface area contributed by atoms with Gasteiger partial charge >= 0.3 is 0 Å². The lowest BCUT2D eigenvalue weighted by atomic mass is 9.96. The van der Waals surface area contributed by atoms with E-state index in [1.54, 1.807) is 0 Å². The average Bonchev–Trinajstić information content (AvgIpc) is 2.35. The SMILES string of the molecule is CC(C)NCC(C)c1ccc(COC2CCC2)cc1. The van der Waals surface area contributed by atoms with Crippen LogP contribution in [-0.2, 0) is 11.3 Å². The van der Waals surface area contributed by atoms with Crippen molar-refractivity contribution < 1.29 is 4.74 Å². The van der Waals surface area contributed by atoms with Crippen LogP contribution in [0.3, 0.4) is 0 Å². The summed E-state index contributed by atoms with van der Waals surface area (Å²) < 4.78 is 5.83. The van der Waals surface area contributed by atoms with Crippen molar-refractivity contribution in [3.63, 3.8) is 0 Å². The third-order valence-corrected chi connectivity index (χ3v) is 3.92. The number of rotatable bonds is 7. The van der Waals surface area contributed by atoms with Gasteiger partial charge in [-0.1, -0.05) is 45.0 Å². The highest BCUT2D eigenvalue weighted by Gasteiger charge is 2.17. The average molecular weight is 261 g/mol. The predicted molar refractivity (Wildman–Crippen MR) is 80.4 cm³/mol. The molecule has 0 aliphatic heterocycles. The van der Waals surface area contributed by atoms with E-state index in [9.17, 15) is 0 Å². The Kier molecular flexibility index (Phi) is 5.41. The van der Waals surface area contributed by atoms with Gasteiger partial charge in [-0.15, -0.1) is 0 Å². The molecule has 0 spiro atoms. The fourth-order valence-electron chi connectivity index (χ4n) is 2.22. The summed E-state index contributed by atoms with van der Waals surface area (Å²) in [5.41, 5.74) is 2.69. The quantitative estimate of drug-likeness (QED) is 0.805. The van der Waals surface area contributed by atoms with Gasteiger partial charge in [0.05, 0.1) is 12.7 Å². The molecule has 2 rings (SSSR count). The number of benzene rings is 1. The molecule has 1 saturated carbocycles. The van der Waals surface area contributed by atoms with Crippen LogP contribution in [0, 0.1) is 0 Å². The van der Waals surface area contributed by atoms with Crippen LogP contribution < -0.4 is 5.32 Å². The smallest absolute Gasteiger partial charge is 0.0720 e. The van der Waals surface area contributed by atoms with Crippen molar-refractivity contribution in [2.45, 2.75) is 64.7 Å². The summed E-state index contributed by atoms with van der Waals surface area (Å²) in [6, 6.07) is 9.45. The van der Waals surface area contributed by atoms with Crippen LogP contribution in [0.1, 0.15) is 57.1 Å². The van der Waals surface area contributed by atoms with Crippen LogP contribution in [0.25, 0.3) is 0 Å². The fraction of sp³-hybridized carbons (Fsp3) is 0.647. The molecule has 2 nitrogen and oxygen atoms in total. The van der Waals surface area contributed by atoms with Crippen molar-refractivity contribution in [1.29, 1.82) is 0 Å². The molecule has 1 unspecified atom stereocenters. The zero-order valence-corrected chi connectivity index (χ0v) is 12.5. The van der Waals surface area contributed by atoms with Gasteiger partial charge in [-0.25, -0.2) is 0 Å². The van der Waals surface area contributed by atoms with Crippen molar-refractivity contribution in [1.82, 2.24) is 5.32 Å². The lowest BCUT2D eigenvalue weighted by Crippen LogP contribution is -2.26. The van der Waals surface area contributed by atoms with E-state index in [0.717, 1.165) is 13.2 Å². The summed E-state index contributed by atoms with van der Waals surface area (Å²) >= 11 is 0. The number of hydrogen-bond acceptors (Lipinski definition) is 2. The van der Waals surface area contributed by atoms with E-state index < -0.39 is 0 Å². The van der Waals surface area contributed by atoms with Gasteiger partial charge < -0.3 is 10.1 Å². The molecule has 0 aromatic heterocycles. The molecule has 1 aromatic carbocycles. The standard InChI is InChI=1S/C17H27NO/c1-13(2)18-11-14(3)16-9-7-15(8-10-16)12-19-17-5-4-6-17/h7-10,13-14,17-18H,4-6,11-12H2,1-3H3. The molecule has 1 aromatic rings. The molecule has 0 amide bonds. The summed E-state index contributed by atoms with van der Waals surface area (Å²) in [6.45, 7) is 8.45. The maximum absolute atomic E-state index is 5.83. The van der Waals surface area contributed by atoms with Crippen molar-refractivity contribution >= 4 is 0 Å². The van der Waals surface area contributed by atoms with E-state index >= 15 is 0 Å². The molecule has 1 atom stereocenters. The summed E-state index contributed by atoms with van der Waals surface area (Å²) in [5, 5.41) is 3.49. The number of nitrogens with one attached hydrogen (secondary N) is 1. The highest BCUT2D eigenvalue weighted by atomic mass is 16.5. The first kappa shape index (κ1) is 14.5. The van der Waals surface area contributed by atoms with E-state index in [1.165, 1.54) is 30.4 Å². The molecule has 1 N–H and O–H groups in total. The lowest BCUT2D eigenvalue weighted by molar-refractivity contribution is -0.00866. The second-order valence-corrected chi connectivity index (χ2v) is 6.07. The van der Waals surface area contributed by atoms with Gasteiger partial charge in [0.25, 0.3) is 0 Å². The van der Waals surface area contributed by atoms with Crippen molar-refractivity contribution in [3.05, 3.63) is 35.4 Å². The molecular formula is C17H27NO. The Balaban J connectivity index is 1.79. The van der Waals surface area contributed by atoms with Gasteiger partial charge in [0, 0.05) is 12.6 Å². The van der Waals surface area contributed by atoms with E-state index in [0.29, 0.717) is 18.1 Å². The molecule has 1 aliphatic rings. The zero-order valence-electron chi connectivity index (χ0n) is 12.5. The Labute approximate surface area is 117 Å². The topological polar surface area (TPSA) is 21.3 Å². The molecule has 106 valence electrons. The third kappa shape index (κ3) is 4.63. The predicted octanol–water partition coefficient (Wildman–Crippen LogP) is 3.86. The van der Waals surface area contributed by atoms with Crippen LogP contribution in [0.15, 0.2) is 24.3 Å². The van der Waals surface area contributed by atoms with E-state index in [2.05, 4.69) is 50.4 Å². The largest absolute Gasteiger partial charge is 0.374 e. The molecular weight excluding hydrogens is 234 g/mol. The molecule has 0 heterocycles. The van der Waals surface area contributed by atoms with Gasteiger partial charge in [-0.3, -0.25) is 0 Å². The molecule has 19 heavy (non-hydrogen) atoms. The van der Waals surface area contributed by atoms with Crippen molar-refractivity contribution in [3.8, 4) is 0 Å². The molecule has 0 radical (unpaired) electrons. The molecule has 1 fully saturated rings. The van der Waals surface area contributed by atoms with Gasteiger partial charge in [-0.05, 0) is 36.3 Å². The van der Waals surface area contributed by atoms with Crippen LogP contribution in [0.4, 0.5) is 0 Å². The molecule has 0 bridgehead atoms. The summed E-state index contributed by atoms with van der Waals surface area (Å²) in [5.74, 6) is 0.559. The second kappa shape index (κ2) is 7.06. The lowest BCUT2D eigenvalue weighted by Gasteiger charge is -2.25. The highest BCUT2D eigenvalue weighted by Crippen LogP contribution is 2.23. The van der Waals surface area contributed by atoms with E-state index in [-0.39, 0.29) is 0 Å². The minimum Gasteiger partial charge on any atom is -0.374 e. The Hall–Kier alpha value is -0.860. The van der Waals surface area contributed by atoms with Gasteiger partial charge in [-0.2, -0.15) is 0 Å². The Morgan fingerprint density at radius 1 is 1.16 bits per heavy atom. The van der Waals surface area contributed by atoms with Gasteiger partial charge in [0.15, 0.2) is 0 Å². The van der Waals surface area contributed by atoms with E-state index in [1.807, 2.05) is 0 Å². The van der Waals surface area contributed by atoms with Gasteiger partial charge in [0.1, 0.15) is 0 Å². The Morgan fingerprint density at radius 2 is 1.84 bits per heavy atom. The van der Waals surface area contributed by atoms with Crippen LogP contribution in [0.2, 0.25) is 0 Å². The summed E-state index contributed by atoms with van der Waals surface area (Å²) in [7, 11) is 0. The first-order chi connectivity index (χ1) is 9.15. The summed E-state index contributed by atoms with van der Waals surface area (Å²) in [6.07, 6.45) is 4.35. The maximum atomic E-state index is 5.83. The molecule has 0 saturated heterocycles. The molecule has 2 heteroatoms. The van der Waals surface area contributed by atoms with Gasteiger partial charge in [0.2, 0.25) is 0 Å². The van der Waals surface area contributed by atoms with Crippen molar-refractivity contribution in [2.75, 3.05) is 6.54 Å². The normalized spacial score (nSPS) is 17.5. The minimum absolute atomic E-state index is 0.522. The maximum Gasteiger partial charge on any atom is 0.0720 e. The number of hydrogen-bond donors (Lipinski definition) is 1. The van der Waals surface area contributed by atoms with Crippen LogP contribution in [0.5, 0.6) is 0 Å². The van der Waals surface area contributed by atoms with Crippen molar-refractivity contribution in [2.24, 2.45) is 0 Å². The monoisotopic (exact) mass is 261 g/mol. The summed E-state index contributed by atoms with van der Waals surface area (Å²) in [4.78, 5) is 0. The zero-order chi connectivity index (χ0) is 13.7. The third-order valence-electron chi connectivity index (χ3n) is 3.92. The first-order valence-corrected chi connectivity index (χ1v) is 7.59. The molecule has 1 aliphatic carbocycles. The Bertz CT molecular complexity index is 367. The highest BCUT2D eigenvalue weighted by molar-refractivity contribution is 5.25. The van der Waals surface area contributed by atoms with E-state index in [4.69, 9.17) is 4.74 Å². The first-order valence-electron chi connectivity index (χ1n) is 7.59. The minimum atomic E-state index is 0.522. The second-order valence-electron chi connectivity index (χ2n) is 6.07. The van der Waals surface area contributed by atoms with Crippen LogP contribution >= 0.6 is 0 Å². The number of ether oxygens (including phenoxy) is 1. The van der Waals surface area contributed by atoms with Crippen LogP contribution in [-0.4, -0.2) is 18.7 Å².